The van der Waals surface area contributed by atoms with Gasteiger partial charge in [0.05, 0.1) is 6.42 Å². The molecule has 0 spiro atoms. The van der Waals surface area contributed by atoms with E-state index in [2.05, 4.69) is 0 Å². The summed E-state index contributed by atoms with van der Waals surface area (Å²) in [4.78, 5) is 25.2. The number of hydrogen-bond donors (Lipinski definition) is 0. The Hall–Kier alpha value is -3.31. The Morgan fingerprint density at radius 1 is 0.839 bits per heavy atom. The van der Waals surface area contributed by atoms with Crippen LogP contribution in [0.25, 0.3) is 0 Å². The molecule has 0 fully saturated rings. The average molecular weight is 437 g/mol. The Morgan fingerprint density at radius 2 is 1.52 bits per heavy atom. The Balaban J connectivity index is 1.42. The van der Waals surface area contributed by atoms with Crippen molar-refractivity contribution in [1.82, 2.24) is 0 Å². The molecule has 1 atom stereocenters. The summed E-state index contributed by atoms with van der Waals surface area (Å²) in [5, 5.41) is 0.604. The highest BCUT2D eigenvalue weighted by Crippen LogP contribution is 2.31. The molecule has 1 heterocycles. The van der Waals surface area contributed by atoms with Crippen LogP contribution >= 0.6 is 11.6 Å². The largest absolute Gasteiger partial charge is 0.486 e. The molecule has 0 aliphatic carbocycles. The van der Waals surface area contributed by atoms with Crippen molar-refractivity contribution in [3.8, 4) is 11.5 Å². The van der Waals surface area contributed by atoms with E-state index >= 15 is 0 Å². The number of hydrogen-bond acceptors (Lipinski definition) is 5. The van der Waals surface area contributed by atoms with Crippen LogP contribution in [0.4, 0.5) is 0 Å². The molecule has 1 aliphatic heterocycles. The number of ether oxygens (including phenoxy) is 3. The number of benzene rings is 3. The molecular formula is C25H21ClO5. The zero-order valence-corrected chi connectivity index (χ0v) is 17.5. The highest BCUT2D eigenvalue weighted by molar-refractivity contribution is 6.30. The van der Waals surface area contributed by atoms with E-state index in [-0.39, 0.29) is 18.6 Å². The third-order valence-electron chi connectivity index (χ3n) is 4.94. The van der Waals surface area contributed by atoms with E-state index in [0.717, 1.165) is 11.1 Å². The summed E-state index contributed by atoms with van der Waals surface area (Å²) in [6, 6.07) is 21.7. The van der Waals surface area contributed by atoms with E-state index in [1.165, 1.54) is 0 Å². The molecule has 0 unspecified atom stereocenters. The van der Waals surface area contributed by atoms with Crippen molar-refractivity contribution in [2.24, 2.45) is 0 Å². The van der Waals surface area contributed by atoms with Gasteiger partial charge in [-0.1, -0.05) is 54.1 Å². The molecule has 0 saturated heterocycles. The third kappa shape index (κ3) is 5.25. The van der Waals surface area contributed by atoms with Crippen LogP contribution in [-0.4, -0.2) is 25.0 Å². The number of rotatable bonds is 7. The van der Waals surface area contributed by atoms with E-state index < -0.39 is 12.1 Å². The minimum Gasteiger partial charge on any atom is -0.486 e. The number of fused-ring (bicyclic) bond motifs is 1. The molecule has 158 valence electrons. The molecule has 0 radical (unpaired) electrons. The van der Waals surface area contributed by atoms with Crippen molar-refractivity contribution in [2.75, 3.05) is 13.2 Å². The van der Waals surface area contributed by atoms with E-state index in [1.54, 1.807) is 30.3 Å². The second kappa shape index (κ2) is 9.67. The molecule has 31 heavy (non-hydrogen) atoms. The Morgan fingerprint density at radius 3 is 2.26 bits per heavy atom. The van der Waals surface area contributed by atoms with Crippen molar-refractivity contribution >= 4 is 23.4 Å². The lowest BCUT2D eigenvalue weighted by Gasteiger charge is -2.19. The maximum absolute atomic E-state index is 12.6. The summed E-state index contributed by atoms with van der Waals surface area (Å²) >= 11 is 5.99. The zero-order valence-electron chi connectivity index (χ0n) is 16.8. The fraction of sp³-hybridized carbons (Fsp3) is 0.200. The first kappa shape index (κ1) is 20.9. The van der Waals surface area contributed by atoms with Gasteiger partial charge in [0, 0.05) is 17.0 Å². The smallest absolute Gasteiger partial charge is 0.307 e. The van der Waals surface area contributed by atoms with Gasteiger partial charge in [0.2, 0.25) is 0 Å². The fourth-order valence-electron chi connectivity index (χ4n) is 3.36. The Bertz CT molecular complexity index is 1060. The second-order valence-electron chi connectivity index (χ2n) is 7.11. The van der Waals surface area contributed by atoms with Crippen LogP contribution in [0.2, 0.25) is 5.02 Å². The molecule has 0 saturated carbocycles. The standard InChI is InChI=1S/C25H21ClO5/c26-20-9-6-18(7-10-20)25(17-4-2-1-3-5-17)31-24(28)13-11-21(27)19-8-12-22-23(16-19)30-15-14-29-22/h1-10,12,16,25H,11,13-15H2/t25-/m1/s1. The van der Waals surface area contributed by atoms with Gasteiger partial charge >= 0.3 is 5.97 Å². The predicted octanol–water partition coefficient (Wildman–Crippen LogP) is 5.41. The van der Waals surface area contributed by atoms with Crippen LogP contribution in [0.15, 0.2) is 72.8 Å². The Labute approximate surface area is 185 Å². The quantitative estimate of drug-likeness (QED) is 0.366. The van der Waals surface area contributed by atoms with E-state index in [0.29, 0.717) is 35.3 Å². The first-order valence-electron chi connectivity index (χ1n) is 10.0. The monoisotopic (exact) mass is 436 g/mol. The lowest BCUT2D eigenvalue weighted by Crippen LogP contribution is -2.16. The summed E-state index contributed by atoms with van der Waals surface area (Å²) in [5.41, 5.74) is 2.13. The number of carbonyl (C=O) groups is 2. The average Bonchev–Trinajstić information content (AvgIpc) is 2.82. The molecule has 0 N–H and O–H groups in total. The molecule has 0 amide bonds. The lowest BCUT2D eigenvalue weighted by atomic mass is 10.0. The van der Waals surface area contributed by atoms with E-state index in [9.17, 15) is 9.59 Å². The minimum atomic E-state index is -0.574. The van der Waals surface area contributed by atoms with Gasteiger partial charge < -0.3 is 14.2 Å². The highest BCUT2D eigenvalue weighted by Gasteiger charge is 2.21. The molecule has 0 aromatic heterocycles. The van der Waals surface area contributed by atoms with Crippen LogP contribution in [-0.2, 0) is 9.53 Å². The number of Topliss-reactive ketones (excluding diaryl/α,β-unsaturated/α-hetero) is 1. The van der Waals surface area contributed by atoms with Gasteiger partial charge in [-0.25, -0.2) is 0 Å². The van der Waals surface area contributed by atoms with Gasteiger partial charge in [0.25, 0.3) is 0 Å². The zero-order chi connectivity index (χ0) is 21.6. The summed E-state index contributed by atoms with van der Waals surface area (Å²) in [6.07, 6.45) is -0.555. The summed E-state index contributed by atoms with van der Waals surface area (Å²) < 4.78 is 16.8. The van der Waals surface area contributed by atoms with Gasteiger partial charge in [-0.3, -0.25) is 9.59 Å². The number of halogens is 1. The van der Waals surface area contributed by atoms with E-state index in [1.807, 2.05) is 42.5 Å². The second-order valence-corrected chi connectivity index (χ2v) is 7.55. The lowest BCUT2D eigenvalue weighted by molar-refractivity contribution is -0.147. The fourth-order valence-corrected chi connectivity index (χ4v) is 3.49. The van der Waals surface area contributed by atoms with Gasteiger partial charge in [-0.2, -0.15) is 0 Å². The van der Waals surface area contributed by atoms with Crippen LogP contribution in [0, 0.1) is 0 Å². The summed E-state index contributed by atoms with van der Waals surface area (Å²) in [5.74, 6) is 0.564. The first-order chi connectivity index (χ1) is 15.1. The topological polar surface area (TPSA) is 61.8 Å². The number of ketones is 1. The molecule has 4 rings (SSSR count). The van der Waals surface area contributed by atoms with Crippen LogP contribution < -0.4 is 9.47 Å². The minimum absolute atomic E-state index is 0.0236. The normalized spacial score (nSPS) is 13.3. The van der Waals surface area contributed by atoms with Crippen molar-refractivity contribution in [3.05, 3.63) is 94.5 Å². The molecular weight excluding hydrogens is 416 g/mol. The van der Waals surface area contributed by atoms with Gasteiger partial charge in [-0.15, -0.1) is 0 Å². The van der Waals surface area contributed by atoms with Gasteiger partial charge in [-0.05, 0) is 41.5 Å². The SMILES string of the molecule is O=C(CCC(=O)c1ccc2c(c1)OCCO2)O[C@H](c1ccccc1)c1ccc(Cl)cc1. The van der Waals surface area contributed by atoms with Crippen molar-refractivity contribution in [2.45, 2.75) is 18.9 Å². The molecule has 5 nitrogen and oxygen atoms in total. The maximum Gasteiger partial charge on any atom is 0.307 e. The summed E-state index contributed by atoms with van der Waals surface area (Å²) in [6.45, 7) is 0.935. The van der Waals surface area contributed by atoms with Crippen molar-refractivity contribution < 1.29 is 23.8 Å². The first-order valence-corrected chi connectivity index (χ1v) is 10.4. The summed E-state index contributed by atoms with van der Waals surface area (Å²) in [7, 11) is 0. The number of esters is 1. The van der Waals surface area contributed by atoms with Crippen molar-refractivity contribution in [3.63, 3.8) is 0 Å². The molecule has 0 bridgehead atoms. The Kier molecular flexibility index (Phi) is 6.53. The van der Waals surface area contributed by atoms with Gasteiger partial charge in [0.1, 0.15) is 13.2 Å². The van der Waals surface area contributed by atoms with Crippen molar-refractivity contribution in [1.29, 1.82) is 0 Å². The van der Waals surface area contributed by atoms with E-state index in [4.69, 9.17) is 25.8 Å². The third-order valence-corrected chi connectivity index (χ3v) is 5.20. The highest BCUT2D eigenvalue weighted by atomic mass is 35.5. The maximum atomic E-state index is 12.6. The molecule has 6 heteroatoms. The van der Waals surface area contributed by atoms with Crippen LogP contribution in [0.1, 0.15) is 40.4 Å². The number of carbonyl (C=O) groups excluding carboxylic acids is 2. The van der Waals surface area contributed by atoms with Crippen LogP contribution in [0.3, 0.4) is 0 Å². The van der Waals surface area contributed by atoms with Gasteiger partial charge in [0.15, 0.2) is 23.4 Å². The predicted molar refractivity (Wildman–Crippen MR) is 117 cm³/mol. The van der Waals surface area contributed by atoms with Crippen LogP contribution in [0.5, 0.6) is 11.5 Å². The molecule has 3 aromatic rings. The molecule has 3 aromatic carbocycles. The molecule has 1 aliphatic rings.